The van der Waals surface area contributed by atoms with Crippen LogP contribution in [-0.4, -0.2) is 42.6 Å². The Morgan fingerprint density at radius 3 is 2.81 bits per heavy atom. The zero-order chi connectivity index (χ0) is 18.6. The number of nitrogens with two attached hydrogens (primary N) is 1. The third-order valence-electron chi connectivity index (χ3n) is 3.94. The van der Waals surface area contributed by atoms with Crippen LogP contribution in [0.4, 0.5) is 5.82 Å². The lowest BCUT2D eigenvalue weighted by Crippen LogP contribution is -2.00. The molecule has 27 heavy (non-hydrogen) atoms. The first-order chi connectivity index (χ1) is 13.2. The zero-order valence-corrected chi connectivity index (χ0v) is 15.4. The normalized spacial score (nSPS) is 11.1. The molecule has 0 fully saturated rings. The van der Waals surface area contributed by atoms with Gasteiger partial charge in [-0.15, -0.1) is 10.2 Å². The lowest BCUT2D eigenvalue weighted by atomic mass is 10.2. The third-order valence-corrected chi connectivity index (χ3v) is 4.85. The number of anilines is 1. The van der Waals surface area contributed by atoms with Crippen molar-refractivity contribution >= 4 is 28.7 Å². The molecule has 0 aliphatic heterocycles. The smallest absolute Gasteiger partial charge is 0.276 e. The molecule has 9 nitrogen and oxygen atoms in total. The van der Waals surface area contributed by atoms with Crippen LogP contribution in [-0.2, 0) is 6.54 Å². The molecule has 0 saturated carbocycles. The molecule has 2 N–H and O–H groups in total. The summed E-state index contributed by atoms with van der Waals surface area (Å²) in [5.41, 5.74) is 8.03. The number of nitrogens with zero attached hydrogens (tertiary/aromatic N) is 6. The van der Waals surface area contributed by atoms with E-state index in [0.717, 1.165) is 35.7 Å². The quantitative estimate of drug-likeness (QED) is 0.379. The van der Waals surface area contributed by atoms with Crippen LogP contribution >= 0.6 is 11.8 Å². The van der Waals surface area contributed by atoms with Gasteiger partial charge in [0.15, 0.2) is 11.5 Å². The lowest BCUT2D eigenvalue weighted by molar-refractivity contribution is 0.414. The highest BCUT2D eigenvalue weighted by molar-refractivity contribution is 7.99. The van der Waals surface area contributed by atoms with Crippen LogP contribution in [0.2, 0.25) is 0 Å². The number of thioether (sulfide) groups is 1. The third kappa shape index (κ3) is 3.70. The minimum Gasteiger partial charge on any atom is -0.497 e. The average Bonchev–Trinajstić information content (AvgIpc) is 3.33. The fourth-order valence-corrected chi connectivity index (χ4v) is 3.26. The Kier molecular flexibility index (Phi) is 4.88. The van der Waals surface area contributed by atoms with E-state index in [2.05, 4.69) is 25.1 Å². The second kappa shape index (κ2) is 7.62. The lowest BCUT2D eigenvalue weighted by Gasteiger charge is -2.02. The maximum Gasteiger partial charge on any atom is 0.276 e. The zero-order valence-electron chi connectivity index (χ0n) is 14.6. The SMILES string of the molecule is COc1ccc(-c2nnc(SCCCn3cnc4c(N)ncnc43)o2)cc1. The van der Waals surface area contributed by atoms with Gasteiger partial charge in [-0.3, -0.25) is 0 Å². The van der Waals surface area contributed by atoms with Crippen LogP contribution in [0, 0.1) is 0 Å². The number of rotatable bonds is 7. The molecule has 0 spiro atoms. The number of imidazole rings is 1. The number of fused-ring (bicyclic) bond motifs is 1. The highest BCUT2D eigenvalue weighted by atomic mass is 32.2. The van der Waals surface area contributed by atoms with Gasteiger partial charge in [-0.05, 0) is 30.7 Å². The molecule has 10 heteroatoms. The number of hydrogen-bond donors (Lipinski definition) is 1. The van der Waals surface area contributed by atoms with E-state index in [9.17, 15) is 0 Å². The van der Waals surface area contributed by atoms with Crippen LogP contribution in [0.3, 0.4) is 0 Å². The van der Waals surface area contributed by atoms with Crippen molar-refractivity contribution in [2.75, 3.05) is 18.6 Å². The summed E-state index contributed by atoms with van der Waals surface area (Å²) in [6.07, 6.45) is 4.07. The Labute approximate surface area is 159 Å². The number of ether oxygens (including phenoxy) is 1. The number of benzene rings is 1. The fraction of sp³-hybridized carbons (Fsp3) is 0.235. The number of aromatic nitrogens is 6. The Balaban J connectivity index is 1.33. The predicted octanol–water partition coefficient (Wildman–Crippen LogP) is 2.65. The molecule has 4 rings (SSSR count). The summed E-state index contributed by atoms with van der Waals surface area (Å²) < 4.78 is 12.8. The van der Waals surface area contributed by atoms with Gasteiger partial charge in [0.05, 0.1) is 13.4 Å². The molecule has 3 heterocycles. The van der Waals surface area contributed by atoms with E-state index >= 15 is 0 Å². The largest absolute Gasteiger partial charge is 0.497 e. The van der Waals surface area contributed by atoms with E-state index in [0.29, 0.717) is 22.4 Å². The Morgan fingerprint density at radius 1 is 1.15 bits per heavy atom. The van der Waals surface area contributed by atoms with Crippen LogP contribution < -0.4 is 10.5 Å². The molecule has 0 aliphatic carbocycles. The monoisotopic (exact) mass is 383 g/mol. The van der Waals surface area contributed by atoms with Gasteiger partial charge in [0.25, 0.3) is 5.22 Å². The molecule has 0 atom stereocenters. The molecular formula is C17H17N7O2S. The minimum atomic E-state index is 0.394. The number of methoxy groups -OCH3 is 1. The standard InChI is InChI=1S/C17H17N7O2S/c1-25-12-5-3-11(4-6-12)16-22-23-17(26-16)27-8-2-7-24-10-21-13-14(18)19-9-20-15(13)24/h3-6,9-10H,2,7-8H2,1H3,(H2,18,19,20). The first kappa shape index (κ1) is 17.3. The van der Waals surface area contributed by atoms with Crippen molar-refractivity contribution in [1.29, 1.82) is 0 Å². The molecular weight excluding hydrogens is 366 g/mol. The van der Waals surface area contributed by atoms with E-state index in [1.807, 2.05) is 28.8 Å². The van der Waals surface area contributed by atoms with E-state index in [1.165, 1.54) is 18.1 Å². The molecule has 4 aromatic rings. The molecule has 0 aliphatic rings. The van der Waals surface area contributed by atoms with Crippen LogP contribution in [0.1, 0.15) is 6.42 Å². The van der Waals surface area contributed by atoms with Crippen LogP contribution in [0.15, 0.2) is 46.6 Å². The molecule has 0 radical (unpaired) electrons. The van der Waals surface area contributed by atoms with Crippen molar-refractivity contribution in [2.45, 2.75) is 18.2 Å². The highest BCUT2D eigenvalue weighted by Crippen LogP contribution is 2.25. The number of hydrogen-bond acceptors (Lipinski definition) is 9. The average molecular weight is 383 g/mol. The van der Waals surface area contributed by atoms with E-state index < -0.39 is 0 Å². The second-order valence-electron chi connectivity index (χ2n) is 5.67. The predicted molar refractivity (Wildman–Crippen MR) is 101 cm³/mol. The topological polar surface area (TPSA) is 118 Å². The first-order valence-electron chi connectivity index (χ1n) is 8.26. The summed E-state index contributed by atoms with van der Waals surface area (Å²) in [4.78, 5) is 12.4. The molecule has 0 bridgehead atoms. The highest BCUT2D eigenvalue weighted by Gasteiger charge is 2.10. The Morgan fingerprint density at radius 2 is 2.00 bits per heavy atom. The van der Waals surface area contributed by atoms with Crippen molar-refractivity contribution < 1.29 is 9.15 Å². The van der Waals surface area contributed by atoms with Crippen molar-refractivity contribution in [3.05, 3.63) is 36.9 Å². The Bertz CT molecular complexity index is 1050. The van der Waals surface area contributed by atoms with Crippen molar-refractivity contribution in [2.24, 2.45) is 0 Å². The van der Waals surface area contributed by atoms with Gasteiger partial charge in [0, 0.05) is 17.9 Å². The summed E-state index contributed by atoms with van der Waals surface area (Å²) >= 11 is 1.52. The maximum atomic E-state index is 5.80. The van der Waals surface area contributed by atoms with Gasteiger partial charge in [-0.25, -0.2) is 15.0 Å². The molecule has 0 unspecified atom stereocenters. The van der Waals surface area contributed by atoms with Crippen molar-refractivity contribution in [3.63, 3.8) is 0 Å². The first-order valence-corrected chi connectivity index (χ1v) is 9.25. The number of nitrogen functional groups attached to an aromatic ring is 1. The van der Waals surface area contributed by atoms with E-state index in [1.54, 1.807) is 13.4 Å². The van der Waals surface area contributed by atoms with Crippen LogP contribution in [0.5, 0.6) is 5.75 Å². The molecule has 1 aromatic carbocycles. The van der Waals surface area contributed by atoms with Gasteiger partial charge in [0.1, 0.15) is 17.6 Å². The van der Waals surface area contributed by atoms with Crippen molar-refractivity contribution in [3.8, 4) is 17.2 Å². The minimum absolute atomic E-state index is 0.394. The summed E-state index contributed by atoms with van der Waals surface area (Å²) in [5.74, 6) is 2.50. The van der Waals surface area contributed by atoms with Gasteiger partial charge >= 0.3 is 0 Å². The van der Waals surface area contributed by atoms with E-state index in [4.69, 9.17) is 14.9 Å². The summed E-state index contributed by atoms with van der Waals surface area (Å²) in [7, 11) is 1.63. The summed E-state index contributed by atoms with van der Waals surface area (Å²) in [6.45, 7) is 0.763. The van der Waals surface area contributed by atoms with Crippen molar-refractivity contribution in [1.82, 2.24) is 29.7 Å². The molecule has 0 saturated heterocycles. The Hall–Kier alpha value is -3.14. The fourth-order valence-electron chi connectivity index (χ4n) is 2.58. The van der Waals surface area contributed by atoms with Gasteiger partial charge in [0.2, 0.25) is 5.89 Å². The molecule has 3 aromatic heterocycles. The summed E-state index contributed by atoms with van der Waals surface area (Å²) in [5, 5.41) is 8.73. The van der Waals surface area contributed by atoms with Gasteiger partial charge in [-0.2, -0.15) is 0 Å². The second-order valence-corrected chi connectivity index (χ2v) is 6.72. The molecule has 138 valence electrons. The summed E-state index contributed by atoms with van der Waals surface area (Å²) in [6, 6.07) is 7.49. The van der Waals surface area contributed by atoms with Crippen LogP contribution in [0.25, 0.3) is 22.6 Å². The van der Waals surface area contributed by atoms with Gasteiger partial charge < -0.3 is 19.5 Å². The maximum absolute atomic E-state index is 5.80. The van der Waals surface area contributed by atoms with Gasteiger partial charge in [-0.1, -0.05) is 11.8 Å². The number of aryl methyl sites for hydroxylation is 1. The van der Waals surface area contributed by atoms with E-state index in [-0.39, 0.29) is 0 Å². The molecule has 0 amide bonds.